The third-order valence-electron chi connectivity index (χ3n) is 2.32. The third kappa shape index (κ3) is 4.73. The van der Waals surface area contributed by atoms with E-state index in [9.17, 15) is 4.39 Å². The average Bonchev–Trinajstić information content (AvgIpc) is 2.19. The normalized spacial score (nSPS) is 13.1. The van der Waals surface area contributed by atoms with Crippen molar-refractivity contribution in [3.8, 4) is 0 Å². The first-order valence-electron chi connectivity index (χ1n) is 5.66. The summed E-state index contributed by atoms with van der Waals surface area (Å²) in [5, 5.41) is 0. The highest BCUT2D eigenvalue weighted by Gasteiger charge is 2.06. The van der Waals surface area contributed by atoms with Crippen molar-refractivity contribution in [2.75, 3.05) is 6.61 Å². The van der Waals surface area contributed by atoms with Crippen LogP contribution in [0.4, 0.5) is 4.39 Å². The van der Waals surface area contributed by atoms with E-state index >= 15 is 0 Å². The van der Waals surface area contributed by atoms with Gasteiger partial charge in [-0.25, -0.2) is 4.39 Å². The van der Waals surface area contributed by atoms with E-state index < -0.39 is 0 Å². The maximum absolute atomic E-state index is 13.2. The first kappa shape index (κ1) is 13.1. The van der Waals surface area contributed by atoms with Gasteiger partial charge in [-0.05, 0) is 18.4 Å². The lowest BCUT2D eigenvalue weighted by atomic mass is 10.1. The van der Waals surface area contributed by atoms with E-state index in [4.69, 9.17) is 10.5 Å². The molecule has 1 aromatic carbocycles. The monoisotopic (exact) mass is 225 g/mol. The molecule has 0 saturated heterocycles. The van der Waals surface area contributed by atoms with Crippen LogP contribution in [-0.2, 0) is 11.3 Å². The van der Waals surface area contributed by atoms with E-state index in [1.54, 1.807) is 18.2 Å². The van der Waals surface area contributed by atoms with E-state index in [2.05, 4.69) is 13.8 Å². The largest absolute Gasteiger partial charge is 0.375 e. The Bertz CT molecular complexity index is 315. The molecule has 0 heterocycles. The summed E-state index contributed by atoms with van der Waals surface area (Å²) in [4.78, 5) is 0. The highest BCUT2D eigenvalue weighted by atomic mass is 19.1. The maximum Gasteiger partial charge on any atom is 0.128 e. The van der Waals surface area contributed by atoms with Crippen LogP contribution in [0, 0.1) is 11.7 Å². The van der Waals surface area contributed by atoms with Crippen molar-refractivity contribution in [3.63, 3.8) is 0 Å². The lowest BCUT2D eigenvalue weighted by molar-refractivity contribution is 0.101. The van der Waals surface area contributed by atoms with Crippen LogP contribution < -0.4 is 5.73 Å². The van der Waals surface area contributed by atoms with E-state index in [1.807, 2.05) is 0 Å². The second-order valence-corrected chi connectivity index (χ2v) is 4.50. The molecule has 1 rings (SSSR count). The molecule has 3 heteroatoms. The van der Waals surface area contributed by atoms with Gasteiger partial charge in [0.15, 0.2) is 0 Å². The molecule has 2 nitrogen and oxygen atoms in total. The van der Waals surface area contributed by atoms with Gasteiger partial charge in [-0.3, -0.25) is 0 Å². The van der Waals surface area contributed by atoms with E-state index in [-0.39, 0.29) is 11.9 Å². The van der Waals surface area contributed by atoms with Crippen LogP contribution in [0.25, 0.3) is 0 Å². The number of hydrogen-bond acceptors (Lipinski definition) is 2. The molecule has 90 valence electrons. The fraction of sp³-hybridized carbons (Fsp3) is 0.538. The minimum Gasteiger partial charge on any atom is -0.375 e. The van der Waals surface area contributed by atoms with Crippen molar-refractivity contribution in [1.29, 1.82) is 0 Å². The second-order valence-electron chi connectivity index (χ2n) is 4.50. The topological polar surface area (TPSA) is 35.2 Å². The molecule has 0 aliphatic carbocycles. The van der Waals surface area contributed by atoms with Gasteiger partial charge in [0.05, 0.1) is 13.2 Å². The van der Waals surface area contributed by atoms with Gasteiger partial charge in [-0.1, -0.05) is 32.0 Å². The molecular formula is C13H20FNO. The van der Waals surface area contributed by atoms with Crippen LogP contribution in [0.1, 0.15) is 25.8 Å². The summed E-state index contributed by atoms with van der Waals surface area (Å²) in [5.74, 6) is 0.340. The van der Waals surface area contributed by atoms with Crippen LogP contribution in [0.2, 0.25) is 0 Å². The first-order chi connectivity index (χ1) is 7.59. The molecule has 16 heavy (non-hydrogen) atoms. The number of nitrogens with two attached hydrogens (primary N) is 1. The van der Waals surface area contributed by atoms with Crippen LogP contribution >= 0.6 is 0 Å². The minimum atomic E-state index is -0.222. The number of hydrogen-bond donors (Lipinski definition) is 1. The second kappa shape index (κ2) is 6.61. The molecule has 1 aromatic rings. The summed E-state index contributed by atoms with van der Waals surface area (Å²) in [6, 6.07) is 6.67. The number of halogens is 1. The molecule has 2 N–H and O–H groups in total. The molecule has 0 aromatic heterocycles. The average molecular weight is 225 g/mol. The van der Waals surface area contributed by atoms with Gasteiger partial charge in [-0.15, -0.1) is 0 Å². The SMILES string of the molecule is CC(C)C[C@H](N)COCc1ccccc1F. The Hall–Kier alpha value is -0.930. The lowest BCUT2D eigenvalue weighted by Gasteiger charge is -2.14. The Morgan fingerprint density at radius 3 is 2.62 bits per heavy atom. The van der Waals surface area contributed by atoms with E-state index in [1.165, 1.54) is 6.07 Å². The lowest BCUT2D eigenvalue weighted by Crippen LogP contribution is -2.27. The summed E-state index contributed by atoms with van der Waals surface area (Å²) in [6.07, 6.45) is 0.928. The van der Waals surface area contributed by atoms with Crippen LogP contribution in [0.3, 0.4) is 0 Å². The zero-order chi connectivity index (χ0) is 12.0. The zero-order valence-corrected chi connectivity index (χ0v) is 9.95. The van der Waals surface area contributed by atoms with Crippen LogP contribution in [0.5, 0.6) is 0 Å². The van der Waals surface area contributed by atoms with Gasteiger partial charge < -0.3 is 10.5 Å². The van der Waals surface area contributed by atoms with Crippen LogP contribution in [0.15, 0.2) is 24.3 Å². The molecule has 0 aliphatic heterocycles. The van der Waals surface area contributed by atoms with Crippen molar-refractivity contribution in [1.82, 2.24) is 0 Å². The predicted molar refractivity (Wildman–Crippen MR) is 63.5 cm³/mol. The van der Waals surface area contributed by atoms with E-state index in [0.717, 1.165) is 6.42 Å². The Morgan fingerprint density at radius 2 is 2.00 bits per heavy atom. The molecule has 1 atom stereocenters. The van der Waals surface area contributed by atoms with Crippen molar-refractivity contribution in [3.05, 3.63) is 35.6 Å². The molecule has 0 radical (unpaired) electrons. The summed E-state index contributed by atoms with van der Waals surface area (Å²) < 4.78 is 18.6. The van der Waals surface area contributed by atoms with Gasteiger partial charge in [-0.2, -0.15) is 0 Å². The Morgan fingerprint density at radius 1 is 1.31 bits per heavy atom. The highest BCUT2D eigenvalue weighted by molar-refractivity contribution is 5.16. The third-order valence-corrected chi connectivity index (χ3v) is 2.32. The molecule has 0 bridgehead atoms. The molecule has 0 spiro atoms. The highest BCUT2D eigenvalue weighted by Crippen LogP contribution is 2.08. The number of benzene rings is 1. The number of rotatable bonds is 6. The van der Waals surface area contributed by atoms with Crippen molar-refractivity contribution in [2.24, 2.45) is 11.7 Å². The van der Waals surface area contributed by atoms with Gasteiger partial charge in [0.25, 0.3) is 0 Å². The van der Waals surface area contributed by atoms with Crippen molar-refractivity contribution >= 4 is 0 Å². The van der Waals surface area contributed by atoms with Gasteiger partial charge in [0.1, 0.15) is 5.82 Å². The molecular weight excluding hydrogens is 205 g/mol. The minimum absolute atomic E-state index is 0.0340. The standard InChI is InChI=1S/C13H20FNO/c1-10(2)7-12(15)9-16-8-11-5-3-4-6-13(11)14/h3-6,10,12H,7-9,15H2,1-2H3/t12-/m0/s1. The van der Waals surface area contributed by atoms with Crippen molar-refractivity contribution < 1.29 is 9.13 Å². The van der Waals surface area contributed by atoms with E-state index in [0.29, 0.717) is 24.7 Å². The van der Waals surface area contributed by atoms with Crippen molar-refractivity contribution in [2.45, 2.75) is 32.9 Å². The predicted octanol–water partition coefficient (Wildman–Crippen LogP) is 2.72. The van der Waals surface area contributed by atoms with Gasteiger partial charge in [0, 0.05) is 11.6 Å². The number of ether oxygens (including phenoxy) is 1. The summed E-state index contributed by atoms with van der Waals surface area (Å²) in [6.45, 7) is 5.01. The fourth-order valence-corrected chi connectivity index (χ4v) is 1.61. The molecule has 0 saturated carbocycles. The molecule has 0 aliphatic rings. The summed E-state index contributed by atoms with van der Waals surface area (Å²) in [7, 11) is 0. The molecule has 0 amide bonds. The van der Waals surface area contributed by atoms with Crippen LogP contribution in [-0.4, -0.2) is 12.6 Å². The smallest absolute Gasteiger partial charge is 0.128 e. The molecule has 0 unspecified atom stereocenters. The Kier molecular flexibility index (Phi) is 5.43. The maximum atomic E-state index is 13.2. The first-order valence-corrected chi connectivity index (χ1v) is 5.66. The zero-order valence-electron chi connectivity index (χ0n) is 9.95. The molecule has 0 fully saturated rings. The Labute approximate surface area is 96.6 Å². The quantitative estimate of drug-likeness (QED) is 0.808. The van der Waals surface area contributed by atoms with Gasteiger partial charge >= 0.3 is 0 Å². The summed E-state index contributed by atoms with van der Waals surface area (Å²) >= 11 is 0. The Balaban J connectivity index is 2.28. The van der Waals surface area contributed by atoms with Gasteiger partial charge in [0.2, 0.25) is 0 Å². The fourth-order valence-electron chi connectivity index (χ4n) is 1.61. The summed E-state index contributed by atoms with van der Waals surface area (Å²) in [5.41, 5.74) is 6.44.